The molecule has 5 rings (SSSR count). The number of amides is 1. The molecule has 0 N–H and O–H groups in total. The van der Waals surface area contributed by atoms with Gasteiger partial charge in [-0.05, 0) is 61.9 Å². The van der Waals surface area contributed by atoms with Gasteiger partial charge in [-0.15, -0.1) is 11.3 Å². The van der Waals surface area contributed by atoms with Crippen molar-refractivity contribution in [2.75, 3.05) is 31.1 Å². The van der Waals surface area contributed by atoms with Gasteiger partial charge in [0, 0.05) is 19.7 Å². The number of thiophene rings is 1. The second kappa shape index (κ2) is 10.4. The number of nitrogens with zero attached hydrogens (tertiary/aromatic N) is 3. The van der Waals surface area contributed by atoms with Gasteiger partial charge in [0.05, 0.1) is 33.1 Å². The van der Waals surface area contributed by atoms with Gasteiger partial charge in [-0.25, -0.2) is 13.4 Å². The number of aromatic nitrogens is 1. The van der Waals surface area contributed by atoms with Gasteiger partial charge >= 0.3 is 0 Å². The molecule has 1 amide bonds. The monoisotopic (exact) mass is 553 g/mol. The van der Waals surface area contributed by atoms with E-state index in [0.29, 0.717) is 42.0 Å². The van der Waals surface area contributed by atoms with E-state index in [9.17, 15) is 13.2 Å². The molecular formula is C24H28ClN3O4S3. The minimum absolute atomic E-state index is 0.0335. The van der Waals surface area contributed by atoms with Crippen LogP contribution in [0.1, 0.15) is 38.2 Å². The molecule has 7 nitrogen and oxygen atoms in total. The third-order valence-corrected chi connectivity index (χ3v) is 11.2. The molecule has 2 aromatic heterocycles. The summed E-state index contributed by atoms with van der Waals surface area (Å²) in [5, 5.41) is 0.652. The molecule has 2 unspecified atom stereocenters. The second-order valence-electron chi connectivity index (χ2n) is 9.00. The maximum atomic E-state index is 13.9. The van der Waals surface area contributed by atoms with Crippen LogP contribution < -0.4 is 4.90 Å². The number of ether oxygens (including phenoxy) is 1. The Morgan fingerprint density at radius 3 is 2.80 bits per heavy atom. The van der Waals surface area contributed by atoms with Crippen molar-refractivity contribution in [1.29, 1.82) is 0 Å². The summed E-state index contributed by atoms with van der Waals surface area (Å²) in [6, 6.07) is 9.32. The molecule has 2 saturated heterocycles. The number of benzene rings is 1. The number of halogens is 1. The SMILES string of the molecule is CCc1ccc2nc(N(CC3CCCO3)C(=O)C3CCCN(S(=O)(=O)c4ccc(Cl)s4)C3)sc2c1. The van der Waals surface area contributed by atoms with E-state index >= 15 is 0 Å². The number of carbonyl (C=O) groups is 1. The minimum atomic E-state index is -3.69. The lowest BCUT2D eigenvalue weighted by atomic mass is 9.98. The zero-order chi connectivity index (χ0) is 24.6. The highest BCUT2D eigenvalue weighted by atomic mass is 35.5. The van der Waals surface area contributed by atoms with Crippen molar-refractivity contribution >= 4 is 65.6 Å². The molecule has 188 valence electrons. The Balaban J connectivity index is 1.42. The summed E-state index contributed by atoms with van der Waals surface area (Å²) < 4.78 is 35.3. The molecule has 11 heteroatoms. The normalized spacial score (nSPS) is 21.5. The van der Waals surface area contributed by atoms with E-state index in [2.05, 4.69) is 19.1 Å². The number of sulfonamides is 1. The second-order valence-corrected chi connectivity index (χ2v) is 13.9. The van der Waals surface area contributed by atoms with Gasteiger partial charge in [0.1, 0.15) is 4.21 Å². The van der Waals surface area contributed by atoms with Crippen molar-refractivity contribution in [3.63, 3.8) is 0 Å². The van der Waals surface area contributed by atoms with Crippen LogP contribution in [0.2, 0.25) is 4.34 Å². The van der Waals surface area contributed by atoms with Crippen molar-refractivity contribution in [3.05, 3.63) is 40.2 Å². The van der Waals surface area contributed by atoms with Gasteiger partial charge in [0.25, 0.3) is 10.0 Å². The third kappa shape index (κ3) is 5.28. The molecule has 0 radical (unpaired) electrons. The van der Waals surface area contributed by atoms with Crippen molar-refractivity contribution in [3.8, 4) is 0 Å². The molecule has 2 fully saturated rings. The first-order chi connectivity index (χ1) is 16.8. The standard InChI is InChI=1S/C24H28ClN3O4S3/c1-2-16-7-8-19-20(13-16)33-24(26-19)28(15-18-6-4-12-32-18)23(29)17-5-3-11-27(14-17)35(30,31)22-10-9-21(25)34-22/h7-10,13,17-18H,2-6,11-12,14-15H2,1H3. The fourth-order valence-corrected chi connectivity index (χ4v) is 8.90. The minimum Gasteiger partial charge on any atom is -0.376 e. The number of rotatable bonds is 7. The summed E-state index contributed by atoms with van der Waals surface area (Å²) in [6.45, 7) is 3.80. The predicted molar refractivity (Wildman–Crippen MR) is 141 cm³/mol. The van der Waals surface area contributed by atoms with E-state index in [1.165, 1.54) is 27.3 Å². The van der Waals surface area contributed by atoms with E-state index in [-0.39, 0.29) is 22.8 Å². The van der Waals surface area contributed by atoms with E-state index in [1.54, 1.807) is 11.0 Å². The van der Waals surface area contributed by atoms with Gasteiger partial charge in [-0.2, -0.15) is 4.31 Å². The quantitative estimate of drug-likeness (QED) is 0.402. The Hall–Kier alpha value is -1.56. The van der Waals surface area contributed by atoms with E-state index in [0.717, 1.165) is 40.8 Å². The number of piperidine rings is 1. The lowest BCUT2D eigenvalue weighted by molar-refractivity contribution is -0.123. The van der Waals surface area contributed by atoms with Gasteiger partial charge in [-0.1, -0.05) is 35.9 Å². The predicted octanol–water partition coefficient (Wildman–Crippen LogP) is 5.19. The first-order valence-corrected chi connectivity index (χ1v) is 15.4. The van der Waals surface area contributed by atoms with Gasteiger partial charge in [0.15, 0.2) is 5.13 Å². The summed E-state index contributed by atoms with van der Waals surface area (Å²) in [6.07, 6.45) is 4.05. The highest BCUT2D eigenvalue weighted by Gasteiger charge is 2.37. The molecule has 0 aliphatic carbocycles. The maximum Gasteiger partial charge on any atom is 0.252 e. The number of hydrogen-bond donors (Lipinski definition) is 0. The Morgan fingerprint density at radius 2 is 2.09 bits per heavy atom. The molecule has 3 aromatic rings. The van der Waals surface area contributed by atoms with Crippen LogP contribution >= 0.6 is 34.3 Å². The van der Waals surface area contributed by atoms with Gasteiger partial charge in [0.2, 0.25) is 5.91 Å². The van der Waals surface area contributed by atoms with Crippen molar-refractivity contribution < 1.29 is 17.9 Å². The number of carbonyl (C=O) groups excluding carboxylic acids is 1. The van der Waals surface area contributed by atoms with Crippen LogP contribution in [0, 0.1) is 5.92 Å². The smallest absolute Gasteiger partial charge is 0.252 e. The van der Waals surface area contributed by atoms with Crippen molar-refractivity contribution in [2.24, 2.45) is 5.92 Å². The number of aryl methyl sites for hydroxylation is 1. The molecular weight excluding hydrogens is 526 g/mol. The Morgan fingerprint density at radius 1 is 1.23 bits per heavy atom. The highest BCUT2D eigenvalue weighted by Crippen LogP contribution is 2.34. The lowest BCUT2D eigenvalue weighted by Crippen LogP contribution is -2.48. The van der Waals surface area contributed by atoms with Crippen LogP contribution in [0.4, 0.5) is 5.13 Å². The first kappa shape index (κ1) is 25.1. The van der Waals surface area contributed by atoms with Crippen LogP contribution in [0.5, 0.6) is 0 Å². The van der Waals surface area contributed by atoms with E-state index in [1.807, 2.05) is 6.07 Å². The molecule has 0 spiro atoms. The number of fused-ring (bicyclic) bond motifs is 1. The van der Waals surface area contributed by atoms with E-state index in [4.69, 9.17) is 21.3 Å². The molecule has 0 bridgehead atoms. The van der Waals surface area contributed by atoms with Crippen molar-refractivity contribution in [1.82, 2.24) is 9.29 Å². The Kier molecular flexibility index (Phi) is 7.48. The molecule has 0 saturated carbocycles. The maximum absolute atomic E-state index is 13.9. The molecule has 2 atom stereocenters. The average molecular weight is 554 g/mol. The summed E-state index contributed by atoms with van der Waals surface area (Å²) in [7, 11) is -3.69. The summed E-state index contributed by atoms with van der Waals surface area (Å²) >= 11 is 8.54. The summed E-state index contributed by atoms with van der Waals surface area (Å²) in [5.41, 5.74) is 2.10. The van der Waals surface area contributed by atoms with Gasteiger partial charge in [-0.3, -0.25) is 9.69 Å². The average Bonchev–Trinajstić information content (AvgIpc) is 3.62. The number of thiazole rings is 1. The van der Waals surface area contributed by atoms with Crippen LogP contribution in [0.25, 0.3) is 10.2 Å². The third-order valence-electron chi connectivity index (χ3n) is 6.63. The van der Waals surface area contributed by atoms with E-state index < -0.39 is 15.9 Å². The summed E-state index contributed by atoms with van der Waals surface area (Å²) in [5.74, 6) is -0.520. The first-order valence-electron chi connectivity index (χ1n) is 11.9. The molecule has 4 heterocycles. The Bertz CT molecular complexity index is 1320. The molecule has 35 heavy (non-hydrogen) atoms. The van der Waals surface area contributed by atoms with Crippen LogP contribution in [-0.4, -0.2) is 56.0 Å². The molecule has 1 aromatic carbocycles. The zero-order valence-corrected chi connectivity index (χ0v) is 22.7. The fourth-order valence-electron chi connectivity index (χ4n) is 4.69. The number of anilines is 1. The lowest BCUT2D eigenvalue weighted by Gasteiger charge is -2.34. The zero-order valence-electron chi connectivity index (χ0n) is 19.5. The topological polar surface area (TPSA) is 79.8 Å². The highest BCUT2D eigenvalue weighted by molar-refractivity contribution is 7.91. The van der Waals surface area contributed by atoms with Crippen LogP contribution in [-0.2, 0) is 26.0 Å². The fraction of sp³-hybridized carbons (Fsp3) is 0.500. The molecule has 2 aliphatic rings. The summed E-state index contributed by atoms with van der Waals surface area (Å²) in [4.78, 5) is 20.4. The van der Waals surface area contributed by atoms with Crippen molar-refractivity contribution in [2.45, 2.75) is 49.3 Å². The van der Waals surface area contributed by atoms with Gasteiger partial charge < -0.3 is 4.74 Å². The number of hydrogen-bond acceptors (Lipinski definition) is 7. The van der Waals surface area contributed by atoms with Crippen LogP contribution in [0.3, 0.4) is 0 Å². The largest absolute Gasteiger partial charge is 0.376 e. The van der Waals surface area contributed by atoms with Crippen LogP contribution in [0.15, 0.2) is 34.5 Å². The Labute approximate surface area is 218 Å². The molecule has 2 aliphatic heterocycles.